The van der Waals surface area contributed by atoms with Gasteiger partial charge in [0.15, 0.2) is 11.6 Å². The molecule has 2 aromatic carbocycles. The maximum absolute atomic E-state index is 14.2. The predicted molar refractivity (Wildman–Crippen MR) is 157 cm³/mol. The molecule has 10 nitrogen and oxygen atoms in total. The van der Waals surface area contributed by atoms with Crippen molar-refractivity contribution in [2.24, 2.45) is 5.41 Å². The minimum Gasteiger partial charge on any atom is -0.450 e. The number of aromatic nitrogens is 2. The van der Waals surface area contributed by atoms with Gasteiger partial charge in [0.1, 0.15) is 22.8 Å². The quantitative estimate of drug-likeness (QED) is 0.417. The second-order valence-corrected chi connectivity index (χ2v) is 13.8. The summed E-state index contributed by atoms with van der Waals surface area (Å²) in [5.41, 5.74) is 3.25. The molecular weight excluding hydrogens is 559 g/mol. The minimum atomic E-state index is -4.01. The van der Waals surface area contributed by atoms with Crippen molar-refractivity contribution in [2.45, 2.75) is 50.6 Å². The molecule has 0 radical (unpaired) electrons. The lowest BCUT2D eigenvalue weighted by atomic mass is 9.86. The van der Waals surface area contributed by atoms with Gasteiger partial charge >= 0.3 is 0 Å². The van der Waals surface area contributed by atoms with Gasteiger partial charge in [-0.2, -0.15) is 4.31 Å². The molecule has 0 saturated carbocycles. The highest BCUT2D eigenvalue weighted by Gasteiger charge is 2.44. The van der Waals surface area contributed by atoms with Gasteiger partial charge in [-0.05, 0) is 68.6 Å². The van der Waals surface area contributed by atoms with E-state index in [1.165, 1.54) is 41.6 Å². The highest BCUT2D eigenvalue weighted by Crippen LogP contribution is 2.44. The number of rotatable bonds is 8. The Kier molecular flexibility index (Phi) is 7.40. The van der Waals surface area contributed by atoms with E-state index in [0.29, 0.717) is 18.0 Å². The number of anilines is 2. The van der Waals surface area contributed by atoms with Crippen LogP contribution in [-0.2, 0) is 27.8 Å². The lowest BCUT2D eigenvalue weighted by Crippen LogP contribution is -2.33. The first kappa shape index (κ1) is 28.5. The molecule has 1 unspecified atom stereocenters. The summed E-state index contributed by atoms with van der Waals surface area (Å²) in [4.78, 5) is 24.8. The number of nitrogens with zero attached hydrogens (tertiary/aromatic N) is 5. The van der Waals surface area contributed by atoms with Gasteiger partial charge in [-0.1, -0.05) is 12.1 Å². The van der Waals surface area contributed by atoms with E-state index in [-0.39, 0.29) is 28.0 Å². The first-order chi connectivity index (χ1) is 20.0. The summed E-state index contributed by atoms with van der Waals surface area (Å²) in [6.07, 6.45) is 5.46. The molecular formula is C30H35FN6O4S. The SMILES string of the molecule is CC(C)N(C)S(=O)(=O)c1cc(F)ccc1Oc1cncnc1N1CCC2(CCN(Cc3ccc4c(c3)NC(=O)C4)C2)C1. The molecule has 42 heavy (non-hydrogen) atoms. The van der Waals surface area contributed by atoms with Gasteiger partial charge in [-0.15, -0.1) is 0 Å². The molecule has 0 bridgehead atoms. The molecule has 12 heteroatoms. The van der Waals surface area contributed by atoms with Crippen molar-refractivity contribution in [3.8, 4) is 11.5 Å². The van der Waals surface area contributed by atoms with Crippen LogP contribution in [-0.4, -0.2) is 72.8 Å². The van der Waals surface area contributed by atoms with Gasteiger partial charge in [0.05, 0.1) is 12.6 Å². The Balaban J connectivity index is 1.18. The molecule has 1 amide bonds. The lowest BCUT2D eigenvalue weighted by Gasteiger charge is -2.26. The van der Waals surface area contributed by atoms with E-state index in [2.05, 4.69) is 37.2 Å². The summed E-state index contributed by atoms with van der Waals surface area (Å²) in [6.45, 7) is 7.79. The van der Waals surface area contributed by atoms with Crippen LogP contribution in [0.25, 0.3) is 0 Å². The Morgan fingerprint density at radius 2 is 1.93 bits per heavy atom. The monoisotopic (exact) mass is 594 g/mol. The zero-order chi connectivity index (χ0) is 29.6. The number of hydrogen-bond acceptors (Lipinski definition) is 8. The van der Waals surface area contributed by atoms with E-state index in [0.717, 1.165) is 62.9 Å². The minimum absolute atomic E-state index is 0.0198. The van der Waals surface area contributed by atoms with Crippen LogP contribution in [0.5, 0.6) is 11.5 Å². The van der Waals surface area contributed by atoms with Gasteiger partial charge in [0.25, 0.3) is 0 Å². The second kappa shape index (κ2) is 10.9. The average Bonchev–Trinajstić information content (AvgIpc) is 3.67. The van der Waals surface area contributed by atoms with Crippen LogP contribution < -0.4 is 15.0 Å². The first-order valence-electron chi connectivity index (χ1n) is 14.2. The first-order valence-corrected chi connectivity index (χ1v) is 15.6. The molecule has 4 heterocycles. The molecule has 6 rings (SSSR count). The van der Waals surface area contributed by atoms with Crippen molar-refractivity contribution in [3.05, 3.63) is 65.9 Å². The third-order valence-corrected chi connectivity index (χ3v) is 10.7. The van der Waals surface area contributed by atoms with E-state index in [1.807, 2.05) is 6.07 Å². The smallest absolute Gasteiger partial charge is 0.246 e. The van der Waals surface area contributed by atoms with Crippen LogP contribution in [0.15, 0.2) is 53.8 Å². The molecule has 2 saturated heterocycles. The summed E-state index contributed by atoms with van der Waals surface area (Å²) in [6, 6.07) is 9.41. The summed E-state index contributed by atoms with van der Waals surface area (Å²) in [7, 11) is -2.55. The number of sulfonamides is 1. The maximum Gasteiger partial charge on any atom is 0.246 e. The number of amides is 1. The van der Waals surface area contributed by atoms with E-state index in [9.17, 15) is 17.6 Å². The molecule has 3 aliphatic heterocycles. The largest absolute Gasteiger partial charge is 0.450 e. The Hall–Kier alpha value is -3.61. The molecule has 222 valence electrons. The number of nitrogens with one attached hydrogen (secondary N) is 1. The van der Waals surface area contributed by atoms with E-state index in [4.69, 9.17) is 4.74 Å². The zero-order valence-corrected chi connectivity index (χ0v) is 24.8. The predicted octanol–water partition coefficient (Wildman–Crippen LogP) is 4.03. The van der Waals surface area contributed by atoms with Crippen molar-refractivity contribution in [2.75, 3.05) is 43.4 Å². The number of halogens is 1. The Labute approximate surface area is 245 Å². The lowest BCUT2D eigenvalue weighted by molar-refractivity contribution is -0.115. The van der Waals surface area contributed by atoms with Crippen LogP contribution >= 0.6 is 0 Å². The number of fused-ring (bicyclic) bond motifs is 1. The van der Waals surface area contributed by atoms with Gasteiger partial charge < -0.3 is 15.0 Å². The molecule has 2 fully saturated rings. The normalized spacial score (nSPS) is 20.6. The molecule has 1 atom stereocenters. The summed E-state index contributed by atoms with van der Waals surface area (Å²) in [5.74, 6) is 0.298. The fourth-order valence-corrected chi connectivity index (χ4v) is 7.66. The van der Waals surface area contributed by atoms with Gasteiger partial charge in [-0.3, -0.25) is 9.69 Å². The van der Waals surface area contributed by atoms with Gasteiger partial charge in [-0.25, -0.2) is 22.8 Å². The van der Waals surface area contributed by atoms with Gasteiger partial charge in [0, 0.05) is 50.4 Å². The van der Waals surface area contributed by atoms with Crippen LogP contribution in [0.3, 0.4) is 0 Å². The second-order valence-electron chi connectivity index (χ2n) is 11.9. The van der Waals surface area contributed by atoms with Crippen LogP contribution in [0.1, 0.15) is 37.8 Å². The number of ether oxygens (including phenoxy) is 1. The van der Waals surface area contributed by atoms with Crippen molar-refractivity contribution in [1.29, 1.82) is 0 Å². The number of hydrogen-bond donors (Lipinski definition) is 1. The molecule has 3 aromatic rings. The summed E-state index contributed by atoms with van der Waals surface area (Å²) < 4.78 is 48.1. The maximum atomic E-state index is 14.2. The molecule has 3 aliphatic rings. The van der Waals surface area contributed by atoms with E-state index >= 15 is 0 Å². The summed E-state index contributed by atoms with van der Waals surface area (Å²) >= 11 is 0. The zero-order valence-electron chi connectivity index (χ0n) is 24.0. The van der Waals surface area contributed by atoms with Crippen molar-refractivity contribution < 1.29 is 22.3 Å². The Morgan fingerprint density at radius 1 is 1.12 bits per heavy atom. The van der Waals surface area contributed by atoms with Crippen molar-refractivity contribution >= 4 is 27.4 Å². The third-order valence-electron chi connectivity index (χ3n) is 8.63. The van der Waals surface area contributed by atoms with Crippen LogP contribution in [0.2, 0.25) is 0 Å². The highest BCUT2D eigenvalue weighted by atomic mass is 32.2. The Bertz CT molecular complexity index is 1630. The standard InChI is InChI=1S/C30H35FN6O4S/c1-20(2)35(3)42(39,40)27-14-23(31)6-7-25(27)41-26-15-32-19-33-29(26)37-11-9-30(18-37)8-10-36(17-30)16-21-4-5-22-13-28(38)34-24(22)12-21/h4-7,12,14-15,19-20H,8-11,13,16-18H2,1-3H3,(H,34,38). The van der Waals surface area contributed by atoms with Crippen LogP contribution in [0, 0.1) is 11.2 Å². The summed E-state index contributed by atoms with van der Waals surface area (Å²) in [5, 5.41) is 2.94. The third kappa shape index (κ3) is 5.46. The van der Waals surface area contributed by atoms with E-state index < -0.39 is 15.8 Å². The highest BCUT2D eigenvalue weighted by molar-refractivity contribution is 7.89. The van der Waals surface area contributed by atoms with Crippen molar-refractivity contribution in [1.82, 2.24) is 19.2 Å². The molecule has 1 spiro atoms. The molecule has 1 aromatic heterocycles. The van der Waals surface area contributed by atoms with Crippen LogP contribution in [0.4, 0.5) is 15.9 Å². The van der Waals surface area contributed by atoms with Crippen molar-refractivity contribution in [3.63, 3.8) is 0 Å². The fourth-order valence-electron chi connectivity index (χ4n) is 6.17. The average molecular weight is 595 g/mol. The number of likely N-dealkylation sites (tertiary alicyclic amines) is 1. The molecule has 0 aliphatic carbocycles. The van der Waals surface area contributed by atoms with Gasteiger partial charge in [0.2, 0.25) is 15.9 Å². The van der Waals surface area contributed by atoms with E-state index in [1.54, 1.807) is 13.8 Å². The number of carbonyl (C=O) groups excluding carboxylic acids is 1. The molecule has 1 N–H and O–H groups in total. The topological polar surface area (TPSA) is 108 Å². The number of carbonyl (C=O) groups is 1. The fraction of sp³-hybridized carbons (Fsp3) is 0.433. The number of benzene rings is 2. The Morgan fingerprint density at radius 3 is 2.74 bits per heavy atom.